The molecule has 6 nitrogen and oxygen atoms in total. The Morgan fingerprint density at radius 3 is 2.60 bits per heavy atom. The Kier molecular flexibility index (Phi) is 3.84. The summed E-state index contributed by atoms with van der Waals surface area (Å²) in [6.07, 6.45) is 0. The Morgan fingerprint density at radius 2 is 2.07 bits per heavy atom. The minimum absolute atomic E-state index is 0.111. The van der Waals surface area contributed by atoms with Gasteiger partial charge in [-0.2, -0.15) is 5.10 Å². The zero-order valence-corrected chi connectivity index (χ0v) is 8.76. The van der Waals surface area contributed by atoms with E-state index in [1.807, 2.05) is 6.92 Å². The van der Waals surface area contributed by atoms with Crippen LogP contribution in [0.5, 0.6) is 0 Å². The second-order valence-electron chi connectivity index (χ2n) is 3.18. The van der Waals surface area contributed by atoms with Crippen LogP contribution >= 0.6 is 0 Å². The third-order valence-electron chi connectivity index (χ3n) is 1.72. The third-order valence-corrected chi connectivity index (χ3v) is 1.72. The molecule has 0 fully saturated rings. The zero-order chi connectivity index (χ0) is 11.3. The molecular weight excluding hydrogens is 196 g/mol. The summed E-state index contributed by atoms with van der Waals surface area (Å²) in [5.41, 5.74) is 1.19. The van der Waals surface area contributed by atoms with Gasteiger partial charge in [0.15, 0.2) is 0 Å². The van der Waals surface area contributed by atoms with E-state index >= 15 is 0 Å². The van der Waals surface area contributed by atoms with Gasteiger partial charge in [0.25, 0.3) is 5.91 Å². The molecule has 1 aromatic rings. The Hall–Kier alpha value is -1.85. The first-order chi connectivity index (χ1) is 7.09. The average molecular weight is 210 g/mol. The number of aromatic amines is 1. The molecule has 0 unspecified atom stereocenters. The maximum absolute atomic E-state index is 11.4. The summed E-state index contributed by atoms with van der Waals surface area (Å²) in [5.74, 6) is -0.357. The highest BCUT2D eigenvalue weighted by atomic mass is 16.2. The van der Waals surface area contributed by atoms with Crippen LogP contribution in [0.15, 0.2) is 6.07 Å². The number of carbonyl (C=O) groups excluding carboxylic acids is 2. The van der Waals surface area contributed by atoms with Crippen molar-refractivity contribution < 1.29 is 9.59 Å². The van der Waals surface area contributed by atoms with Gasteiger partial charge >= 0.3 is 0 Å². The molecule has 82 valence electrons. The molecule has 0 aliphatic heterocycles. The van der Waals surface area contributed by atoms with Crippen LogP contribution in [0.3, 0.4) is 0 Å². The molecule has 0 bridgehead atoms. The lowest BCUT2D eigenvalue weighted by Crippen LogP contribution is -2.33. The number of nitrogens with zero attached hydrogens (tertiary/aromatic N) is 1. The predicted molar refractivity (Wildman–Crippen MR) is 54.3 cm³/mol. The third kappa shape index (κ3) is 3.80. The van der Waals surface area contributed by atoms with Crippen LogP contribution in [0.2, 0.25) is 0 Å². The Morgan fingerprint density at radius 1 is 1.40 bits per heavy atom. The van der Waals surface area contributed by atoms with E-state index in [-0.39, 0.29) is 11.8 Å². The van der Waals surface area contributed by atoms with Crippen LogP contribution in [0.25, 0.3) is 0 Å². The summed E-state index contributed by atoms with van der Waals surface area (Å²) < 4.78 is 0. The van der Waals surface area contributed by atoms with E-state index in [0.717, 1.165) is 5.69 Å². The fourth-order valence-electron chi connectivity index (χ4n) is 1.04. The fraction of sp³-hybridized carbons (Fsp3) is 0.444. The van der Waals surface area contributed by atoms with Crippen LogP contribution in [0, 0.1) is 6.92 Å². The van der Waals surface area contributed by atoms with Gasteiger partial charge in [0.05, 0.1) is 0 Å². The number of aryl methyl sites for hydroxylation is 1. The van der Waals surface area contributed by atoms with Gasteiger partial charge in [0, 0.05) is 25.7 Å². The zero-order valence-electron chi connectivity index (χ0n) is 8.76. The minimum Gasteiger partial charge on any atom is -0.355 e. The van der Waals surface area contributed by atoms with Gasteiger partial charge in [-0.05, 0) is 13.0 Å². The largest absolute Gasteiger partial charge is 0.355 e. The number of hydrogen-bond donors (Lipinski definition) is 3. The summed E-state index contributed by atoms with van der Waals surface area (Å²) in [6, 6.07) is 1.66. The molecule has 6 heteroatoms. The Labute approximate surface area is 87.4 Å². The van der Waals surface area contributed by atoms with Crippen molar-refractivity contribution in [2.75, 3.05) is 13.1 Å². The smallest absolute Gasteiger partial charge is 0.271 e. The molecule has 0 aromatic carbocycles. The molecule has 0 saturated carbocycles. The van der Waals surface area contributed by atoms with Crippen LogP contribution in [-0.2, 0) is 4.79 Å². The number of nitrogens with one attached hydrogen (secondary N) is 3. The first-order valence-corrected chi connectivity index (χ1v) is 4.64. The fourth-order valence-corrected chi connectivity index (χ4v) is 1.04. The van der Waals surface area contributed by atoms with Crippen molar-refractivity contribution >= 4 is 11.8 Å². The number of carbonyl (C=O) groups is 2. The molecule has 0 spiro atoms. The van der Waals surface area contributed by atoms with E-state index in [1.165, 1.54) is 6.92 Å². The Bertz CT molecular complexity index is 359. The maximum Gasteiger partial charge on any atom is 0.271 e. The predicted octanol–water partition coefficient (Wildman–Crippen LogP) is -0.416. The molecule has 0 atom stereocenters. The van der Waals surface area contributed by atoms with E-state index < -0.39 is 0 Å². The molecular formula is C9H14N4O2. The number of amides is 2. The van der Waals surface area contributed by atoms with Crippen LogP contribution in [-0.4, -0.2) is 35.1 Å². The molecule has 1 rings (SSSR count). The van der Waals surface area contributed by atoms with Gasteiger partial charge in [-0.3, -0.25) is 14.7 Å². The highest BCUT2D eigenvalue weighted by molar-refractivity contribution is 5.92. The molecule has 3 N–H and O–H groups in total. The Balaban J connectivity index is 2.28. The normalized spacial score (nSPS) is 9.73. The molecule has 1 heterocycles. The highest BCUT2D eigenvalue weighted by Crippen LogP contribution is 1.96. The van der Waals surface area contributed by atoms with E-state index in [2.05, 4.69) is 20.8 Å². The average Bonchev–Trinajstić information content (AvgIpc) is 2.59. The van der Waals surface area contributed by atoms with Gasteiger partial charge in [0.2, 0.25) is 5.91 Å². The SMILES string of the molecule is CC(=O)NCCNC(=O)c1cc(C)[nH]n1. The molecule has 2 amide bonds. The van der Waals surface area contributed by atoms with Gasteiger partial charge in [-0.25, -0.2) is 0 Å². The van der Waals surface area contributed by atoms with Gasteiger partial charge < -0.3 is 10.6 Å². The van der Waals surface area contributed by atoms with Gasteiger partial charge in [-0.1, -0.05) is 0 Å². The standard InChI is InChI=1S/C9H14N4O2/c1-6-5-8(13-12-6)9(15)11-4-3-10-7(2)14/h5H,3-4H2,1-2H3,(H,10,14)(H,11,15)(H,12,13). The van der Waals surface area contributed by atoms with Crippen molar-refractivity contribution in [3.8, 4) is 0 Å². The second kappa shape index (κ2) is 5.14. The number of aromatic nitrogens is 2. The monoisotopic (exact) mass is 210 g/mol. The van der Waals surface area contributed by atoms with Crippen LogP contribution in [0.1, 0.15) is 23.1 Å². The molecule has 15 heavy (non-hydrogen) atoms. The summed E-state index contributed by atoms with van der Waals surface area (Å²) >= 11 is 0. The first-order valence-electron chi connectivity index (χ1n) is 4.64. The molecule has 1 aromatic heterocycles. The lowest BCUT2D eigenvalue weighted by atomic mass is 10.3. The summed E-state index contributed by atoms with van der Waals surface area (Å²) in [7, 11) is 0. The van der Waals surface area contributed by atoms with Crippen molar-refractivity contribution in [3.63, 3.8) is 0 Å². The van der Waals surface area contributed by atoms with Crippen molar-refractivity contribution in [2.24, 2.45) is 0 Å². The molecule has 0 aliphatic carbocycles. The van der Waals surface area contributed by atoms with Crippen LogP contribution in [0.4, 0.5) is 0 Å². The topological polar surface area (TPSA) is 86.9 Å². The van der Waals surface area contributed by atoms with Crippen molar-refractivity contribution in [1.29, 1.82) is 0 Å². The lowest BCUT2D eigenvalue weighted by molar-refractivity contribution is -0.118. The minimum atomic E-state index is -0.246. The number of rotatable bonds is 4. The van der Waals surface area contributed by atoms with E-state index in [9.17, 15) is 9.59 Å². The summed E-state index contributed by atoms with van der Waals surface area (Å²) in [4.78, 5) is 21.9. The number of hydrogen-bond acceptors (Lipinski definition) is 3. The molecule has 0 aliphatic rings. The van der Waals surface area contributed by atoms with Crippen molar-refractivity contribution in [3.05, 3.63) is 17.5 Å². The van der Waals surface area contributed by atoms with Gasteiger partial charge in [0.1, 0.15) is 5.69 Å². The first kappa shape index (κ1) is 11.2. The lowest BCUT2D eigenvalue weighted by Gasteiger charge is -2.03. The van der Waals surface area contributed by atoms with E-state index in [1.54, 1.807) is 6.07 Å². The molecule has 0 radical (unpaired) electrons. The van der Waals surface area contributed by atoms with Crippen molar-refractivity contribution in [1.82, 2.24) is 20.8 Å². The van der Waals surface area contributed by atoms with Crippen LogP contribution < -0.4 is 10.6 Å². The molecule has 0 saturated heterocycles. The summed E-state index contributed by atoms with van der Waals surface area (Å²) in [6.45, 7) is 4.06. The van der Waals surface area contributed by atoms with E-state index in [0.29, 0.717) is 18.8 Å². The van der Waals surface area contributed by atoms with Crippen molar-refractivity contribution in [2.45, 2.75) is 13.8 Å². The highest BCUT2D eigenvalue weighted by Gasteiger charge is 2.07. The quantitative estimate of drug-likeness (QED) is 0.590. The maximum atomic E-state index is 11.4. The van der Waals surface area contributed by atoms with E-state index in [4.69, 9.17) is 0 Å². The number of H-pyrrole nitrogens is 1. The van der Waals surface area contributed by atoms with Gasteiger partial charge in [-0.15, -0.1) is 0 Å². The second-order valence-corrected chi connectivity index (χ2v) is 3.18. The summed E-state index contributed by atoms with van der Waals surface area (Å²) in [5, 5.41) is 11.7.